The normalized spacial score (nSPS) is 29.6. The maximum absolute atomic E-state index is 9.35. The van der Waals surface area contributed by atoms with Crippen LogP contribution in [0.15, 0.2) is 0 Å². The summed E-state index contributed by atoms with van der Waals surface area (Å²) in [5, 5.41) is 9.35. The van der Waals surface area contributed by atoms with Crippen molar-refractivity contribution in [2.45, 2.75) is 18.9 Å². The van der Waals surface area contributed by atoms with Crippen LogP contribution in [0.2, 0.25) is 0 Å². The van der Waals surface area contributed by atoms with Crippen molar-refractivity contribution < 1.29 is 14.6 Å². The molecule has 0 radical (unpaired) electrons. The van der Waals surface area contributed by atoms with Crippen molar-refractivity contribution >= 4 is 0 Å². The molecule has 2 fully saturated rings. The van der Waals surface area contributed by atoms with Gasteiger partial charge in [-0.1, -0.05) is 0 Å². The van der Waals surface area contributed by atoms with Crippen molar-refractivity contribution in [1.29, 1.82) is 0 Å². The van der Waals surface area contributed by atoms with Crippen LogP contribution in [0.3, 0.4) is 0 Å². The van der Waals surface area contributed by atoms with Gasteiger partial charge in [0, 0.05) is 19.3 Å². The molecule has 0 aromatic heterocycles. The van der Waals surface area contributed by atoms with Crippen molar-refractivity contribution in [3.8, 4) is 0 Å². The van der Waals surface area contributed by atoms with E-state index in [1.807, 2.05) is 0 Å². The van der Waals surface area contributed by atoms with Gasteiger partial charge in [-0.3, -0.25) is 0 Å². The Morgan fingerprint density at radius 2 is 1.93 bits per heavy atom. The fraction of sp³-hybridized carbons (Fsp3) is 1.00. The summed E-state index contributed by atoms with van der Waals surface area (Å²) in [6.45, 7) is 2.98. The summed E-state index contributed by atoms with van der Waals surface area (Å²) < 4.78 is 10.5. The van der Waals surface area contributed by atoms with Crippen molar-refractivity contribution in [2.75, 3.05) is 33.0 Å². The molecule has 2 saturated heterocycles. The average molecular weight is 201 g/mol. The number of hydrogen-bond donors (Lipinski definition) is 2. The molecule has 4 heteroatoms. The first-order chi connectivity index (χ1) is 6.78. The minimum Gasteiger partial charge on any atom is -0.396 e. The van der Waals surface area contributed by atoms with Crippen LogP contribution in [0.5, 0.6) is 0 Å². The number of aliphatic hydroxyl groups excluding tert-OH is 1. The molecular weight excluding hydrogens is 182 g/mol. The zero-order chi connectivity index (χ0) is 10.0. The molecule has 0 aliphatic carbocycles. The van der Waals surface area contributed by atoms with Gasteiger partial charge in [0.05, 0.1) is 25.2 Å². The molecule has 0 bridgehead atoms. The highest BCUT2D eigenvalue weighted by Crippen LogP contribution is 2.36. The molecule has 0 amide bonds. The molecule has 2 aliphatic rings. The van der Waals surface area contributed by atoms with Gasteiger partial charge in [0.25, 0.3) is 0 Å². The van der Waals surface area contributed by atoms with Crippen LogP contribution in [0, 0.1) is 11.3 Å². The number of rotatable bonds is 3. The second-order valence-corrected chi connectivity index (χ2v) is 4.49. The molecule has 1 unspecified atom stereocenters. The SMILES string of the molecule is NC(C1CCOCC1)C1(CO)COC1. The fourth-order valence-corrected chi connectivity index (χ4v) is 2.33. The average Bonchev–Trinajstić information content (AvgIpc) is 2.18. The fourth-order valence-electron chi connectivity index (χ4n) is 2.33. The van der Waals surface area contributed by atoms with E-state index in [9.17, 15) is 5.11 Å². The van der Waals surface area contributed by atoms with E-state index in [1.54, 1.807) is 0 Å². The van der Waals surface area contributed by atoms with Gasteiger partial charge >= 0.3 is 0 Å². The zero-order valence-corrected chi connectivity index (χ0v) is 8.45. The van der Waals surface area contributed by atoms with Crippen molar-refractivity contribution in [3.05, 3.63) is 0 Å². The Balaban J connectivity index is 1.94. The van der Waals surface area contributed by atoms with Crippen LogP contribution in [-0.4, -0.2) is 44.2 Å². The Morgan fingerprint density at radius 3 is 2.36 bits per heavy atom. The molecule has 0 saturated carbocycles. The highest BCUT2D eigenvalue weighted by Gasteiger charge is 2.46. The monoisotopic (exact) mass is 201 g/mol. The molecule has 3 N–H and O–H groups in total. The van der Waals surface area contributed by atoms with E-state index in [2.05, 4.69) is 0 Å². The third kappa shape index (κ3) is 1.67. The third-order valence-electron chi connectivity index (χ3n) is 3.57. The van der Waals surface area contributed by atoms with Gasteiger partial charge in [-0.05, 0) is 18.8 Å². The van der Waals surface area contributed by atoms with Crippen molar-refractivity contribution in [2.24, 2.45) is 17.1 Å². The van der Waals surface area contributed by atoms with E-state index in [1.165, 1.54) is 0 Å². The lowest BCUT2D eigenvalue weighted by atomic mass is 9.71. The molecule has 2 aliphatic heterocycles. The molecular formula is C10H19NO3. The smallest absolute Gasteiger partial charge is 0.0582 e. The summed E-state index contributed by atoms with van der Waals surface area (Å²) in [6, 6.07) is 0.0603. The molecule has 2 heterocycles. The second kappa shape index (κ2) is 4.14. The van der Waals surface area contributed by atoms with Crippen LogP contribution in [0.25, 0.3) is 0 Å². The maximum atomic E-state index is 9.35. The molecule has 82 valence electrons. The third-order valence-corrected chi connectivity index (χ3v) is 3.57. The Bertz CT molecular complexity index is 182. The Labute approximate surface area is 84.4 Å². The summed E-state index contributed by atoms with van der Waals surface area (Å²) in [7, 11) is 0. The van der Waals surface area contributed by atoms with Crippen molar-refractivity contribution in [3.63, 3.8) is 0 Å². The van der Waals surface area contributed by atoms with Gasteiger partial charge in [0.2, 0.25) is 0 Å². The topological polar surface area (TPSA) is 64.7 Å². The van der Waals surface area contributed by atoms with Gasteiger partial charge in [0.15, 0.2) is 0 Å². The van der Waals surface area contributed by atoms with Crippen molar-refractivity contribution in [1.82, 2.24) is 0 Å². The summed E-state index contributed by atoms with van der Waals surface area (Å²) in [5.41, 5.74) is 6.04. The van der Waals surface area contributed by atoms with Gasteiger partial charge in [-0.2, -0.15) is 0 Å². The lowest BCUT2D eigenvalue weighted by Crippen LogP contribution is -2.60. The predicted molar refractivity (Wildman–Crippen MR) is 51.9 cm³/mol. The molecule has 2 rings (SSSR count). The van der Waals surface area contributed by atoms with E-state index < -0.39 is 0 Å². The standard InChI is InChI=1S/C10H19NO3/c11-9(8-1-3-13-4-2-8)10(5-12)6-14-7-10/h8-9,12H,1-7,11H2. The molecule has 4 nitrogen and oxygen atoms in total. The molecule has 0 aromatic rings. The van der Waals surface area contributed by atoms with Crippen LogP contribution in [-0.2, 0) is 9.47 Å². The largest absolute Gasteiger partial charge is 0.396 e. The summed E-state index contributed by atoms with van der Waals surface area (Å²) in [4.78, 5) is 0. The summed E-state index contributed by atoms with van der Waals surface area (Å²) in [6.07, 6.45) is 2.03. The van der Waals surface area contributed by atoms with Gasteiger partial charge in [0.1, 0.15) is 0 Å². The zero-order valence-electron chi connectivity index (χ0n) is 8.45. The lowest BCUT2D eigenvalue weighted by molar-refractivity contribution is -0.161. The predicted octanol–water partition coefficient (Wildman–Crippen LogP) is -0.251. The Hall–Kier alpha value is -0.160. The Morgan fingerprint density at radius 1 is 1.29 bits per heavy atom. The van der Waals surface area contributed by atoms with E-state index in [4.69, 9.17) is 15.2 Å². The first kappa shape index (κ1) is 10.4. The Kier molecular flexibility index (Phi) is 3.07. The van der Waals surface area contributed by atoms with Gasteiger partial charge < -0.3 is 20.3 Å². The number of hydrogen-bond acceptors (Lipinski definition) is 4. The van der Waals surface area contributed by atoms with Crippen LogP contribution >= 0.6 is 0 Å². The molecule has 14 heavy (non-hydrogen) atoms. The summed E-state index contributed by atoms with van der Waals surface area (Å²) in [5.74, 6) is 0.486. The van der Waals surface area contributed by atoms with E-state index >= 15 is 0 Å². The molecule has 1 atom stereocenters. The highest BCUT2D eigenvalue weighted by atomic mass is 16.5. The van der Waals surface area contributed by atoms with Crippen LogP contribution in [0.1, 0.15) is 12.8 Å². The minimum absolute atomic E-state index is 0.0603. The second-order valence-electron chi connectivity index (χ2n) is 4.49. The summed E-state index contributed by atoms with van der Waals surface area (Å²) >= 11 is 0. The highest BCUT2D eigenvalue weighted by molar-refractivity contribution is 4.97. The quantitative estimate of drug-likeness (QED) is 0.661. The lowest BCUT2D eigenvalue weighted by Gasteiger charge is -2.47. The van der Waals surface area contributed by atoms with E-state index in [0.717, 1.165) is 26.1 Å². The molecule has 0 spiro atoms. The van der Waals surface area contributed by atoms with Crippen LogP contribution < -0.4 is 5.73 Å². The van der Waals surface area contributed by atoms with E-state index in [0.29, 0.717) is 19.1 Å². The molecule has 0 aromatic carbocycles. The minimum atomic E-state index is -0.165. The van der Waals surface area contributed by atoms with Gasteiger partial charge in [-0.25, -0.2) is 0 Å². The number of ether oxygens (including phenoxy) is 2. The number of aliphatic hydroxyl groups is 1. The van der Waals surface area contributed by atoms with E-state index in [-0.39, 0.29) is 18.1 Å². The first-order valence-electron chi connectivity index (χ1n) is 5.30. The maximum Gasteiger partial charge on any atom is 0.0582 e. The van der Waals surface area contributed by atoms with Crippen LogP contribution in [0.4, 0.5) is 0 Å². The number of nitrogens with two attached hydrogens (primary N) is 1. The first-order valence-corrected chi connectivity index (χ1v) is 5.30. The van der Waals surface area contributed by atoms with Gasteiger partial charge in [-0.15, -0.1) is 0 Å².